The zero-order valence-corrected chi connectivity index (χ0v) is 8.96. The van der Waals surface area contributed by atoms with Crippen LogP contribution in [0, 0.1) is 0 Å². The number of carbonyl (C=O) groups is 1. The summed E-state index contributed by atoms with van der Waals surface area (Å²) in [6.07, 6.45) is -9.00. The molecule has 1 aliphatic heterocycles. The number of aliphatic hydroxyl groups is 1. The van der Waals surface area contributed by atoms with Crippen molar-refractivity contribution in [1.29, 1.82) is 0 Å². The monoisotopic (exact) mass is 280 g/mol. The zero-order chi connectivity index (χ0) is 14.2. The van der Waals surface area contributed by atoms with Gasteiger partial charge in [-0.2, -0.15) is 22.0 Å². The highest BCUT2D eigenvalue weighted by atomic mass is 19.4. The Morgan fingerprint density at radius 1 is 1.50 bits per heavy atom. The third-order valence-electron chi connectivity index (χ3n) is 2.15. The fraction of sp³-hybridized carbons (Fsp3) is 0.875. The summed E-state index contributed by atoms with van der Waals surface area (Å²) in [7, 11) is 0. The summed E-state index contributed by atoms with van der Waals surface area (Å²) in [5.74, 6) is -11.0. The van der Waals surface area contributed by atoms with Gasteiger partial charge in [-0.1, -0.05) is 6.92 Å². The van der Waals surface area contributed by atoms with E-state index in [1.807, 2.05) is 0 Å². The predicted molar refractivity (Wildman–Crippen MR) is 43.2 cm³/mol. The smallest absolute Gasteiger partial charge is 0.429 e. The van der Waals surface area contributed by atoms with Gasteiger partial charge in [0.15, 0.2) is 6.79 Å². The summed E-state index contributed by atoms with van der Waals surface area (Å²) in [6.45, 7) is -0.0526. The van der Waals surface area contributed by atoms with Gasteiger partial charge in [0.2, 0.25) is 0 Å². The molecule has 0 aliphatic carbocycles. The lowest BCUT2D eigenvalue weighted by atomic mass is 10.1. The van der Waals surface area contributed by atoms with Crippen LogP contribution in [0.3, 0.4) is 0 Å². The fourth-order valence-electron chi connectivity index (χ4n) is 1.12. The van der Waals surface area contributed by atoms with Gasteiger partial charge < -0.3 is 19.3 Å². The van der Waals surface area contributed by atoms with Gasteiger partial charge in [-0.05, 0) is 0 Å². The van der Waals surface area contributed by atoms with Gasteiger partial charge in [-0.25, -0.2) is 0 Å². The molecule has 0 amide bonds. The first-order chi connectivity index (χ1) is 8.06. The van der Waals surface area contributed by atoms with Crippen molar-refractivity contribution >= 4 is 5.97 Å². The molecular formula is C8H9F5O5. The minimum atomic E-state index is -5.78. The van der Waals surface area contributed by atoms with Crippen molar-refractivity contribution in [2.24, 2.45) is 0 Å². The number of alkyl halides is 5. The topological polar surface area (TPSA) is 65.0 Å². The molecular weight excluding hydrogens is 271 g/mol. The maximum absolute atomic E-state index is 13.4. The van der Waals surface area contributed by atoms with E-state index in [-0.39, 0.29) is 6.42 Å². The van der Waals surface area contributed by atoms with E-state index >= 15 is 0 Å². The van der Waals surface area contributed by atoms with Crippen LogP contribution in [0.1, 0.15) is 13.3 Å². The average molecular weight is 280 g/mol. The normalized spacial score (nSPS) is 32.1. The second-order valence-electron chi connectivity index (χ2n) is 3.37. The van der Waals surface area contributed by atoms with Crippen LogP contribution < -0.4 is 0 Å². The Morgan fingerprint density at radius 3 is 2.50 bits per heavy atom. The number of hydrogen-bond acceptors (Lipinski definition) is 5. The van der Waals surface area contributed by atoms with Gasteiger partial charge in [0, 0.05) is 6.42 Å². The van der Waals surface area contributed by atoms with Crippen LogP contribution >= 0.6 is 0 Å². The van der Waals surface area contributed by atoms with E-state index in [4.69, 9.17) is 5.11 Å². The molecule has 0 aromatic heterocycles. The molecule has 0 bridgehead atoms. The second kappa shape index (κ2) is 4.59. The van der Waals surface area contributed by atoms with Crippen molar-refractivity contribution in [3.05, 3.63) is 0 Å². The molecule has 0 saturated carbocycles. The van der Waals surface area contributed by atoms with Gasteiger partial charge >= 0.3 is 23.9 Å². The van der Waals surface area contributed by atoms with Crippen molar-refractivity contribution in [2.75, 3.05) is 6.79 Å². The quantitative estimate of drug-likeness (QED) is 0.607. The zero-order valence-electron chi connectivity index (χ0n) is 8.96. The molecule has 18 heavy (non-hydrogen) atoms. The molecule has 0 aromatic rings. The lowest BCUT2D eigenvalue weighted by Gasteiger charge is -2.42. The van der Waals surface area contributed by atoms with Gasteiger partial charge in [0.25, 0.3) is 6.29 Å². The number of esters is 1. The summed E-state index contributed by atoms with van der Waals surface area (Å²) in [5, 5.41) is 8.92. The van der Waals surface area contributed by atoms with Crippen molar-refractivity contribution in [3.8, 4) is 0 Å². The Labute approximate surface area is 97.4 Å². The summed E-state index contributed by atoms with van der Waals surface area (Å²) in [6, 6.07) is 0. The van der Waals surface area contributed by atoms with Gasteiger partial charge in [-0.15, -0.1) is 0 Å². The van der Waals surface area contributed by atoms with Crippen LogP contribution in [0.5, 0.6) is 0 Å². The first-order valence-electron chi connectivity index (χ1n) is 4.68. The van der Waals surface area contributed by atoms with Crippen LogP contribution in [-0.4, -0.2) is 42.0 Å². The Kier molecular flexibility index (Phi) is 3.84. The molecule has 1 N–H and O–H groups in total. The van der Waals surface area contributed by atoms with Crippen LogP contribution in [0.15, 0.2) is 0 Å². The fourth-order valence-corrected chi connectivity index (χ4v) is 1.12. The number of halogens is 5. The van der Waals surface area contributed by atoms with Crippen molar-refractivity contribution in [2.45, 2.75) is 37.5 Å². The minimum Gasteiger partial charge on any atom is -0.429 e. The second-order valence-corrected chi connectivity index (χ2v) is 3.37. The van der Waals surface area contributed by atoms with Crippen LogP contribution in [0.4, 0.5) is 22.0 Å². The number of rotatable bonds is 2. The van der Waals surface area contributed by atoms with Gasteiger partial charge in [0.05, 0.1) is 0 Å². The number of ether oxygens (including phenoxy) is 3. The van der Waals surface area contributed by atoms with Crippen molar-refractivity contribution in [1.82, 2.24) is 0 Å². The van der Waals surface area contributed by atoms with E-state index in [2.05, 4.69) is 14.2 Å². The highest BCUT2D eigenvalue weighted by molar-refractivity contribution is 5.69. The number of hydrogen-bond donors (Lipinski definition) is 1. The summed E-state index contributed by atoms with van der Waals surface area (Å²) in [4.78, 5) is 10.8. The molecule has 0 spiro atoms. The molecule has 2 unspecified atom stereocenters. The minimum absolute atomic E-state index is 0.346. The third-order valence-corrected chi connectivity index (χ3v) is 2.15. The summed E-state index contributed by atoms with van der Waals surface area (Å²) < 4.78 is 75.5. The standard InChI is InChI=1S/C8H9F5O5/c1-2-4(14)18-5-6(9,10)7(15,8(11,12)13)17-3-16-5/h5,15H,2-3H2,1H3. The molecule has 0 aromatic carbocycles. The predicted octanol–water partition coefficient (Wildman–Crippen LogP) is 1.16. The molecule has 10 heteroatoms. The Bertz CT molecular complexity index is 330. The molecule has 1 heterocycles. The van der Waals surface area contributed by atoms with Crippen LogP contribution in [-0.2, 0) is 19.0 Å². The lowest BCUT2D eigenvalue weighted by molar-refractivity contribution is -0.502. The highest BCUT2D eigenvalue weighted by Crippen LogP contribution is 2.47. The average Bonchev–Trinajstić information content (AvgIpc) is 2.23. The molecule has 106 valence electrons. The third kappa shape index (κ3) is 2.27. The van der Waals surface area contributed by atoms with Crippen LogP contribution in [0.25, 0.3) is 0 Å². The highest BCUT2D eigenvalue weighted by Gasteiger charge is 2.77. The SMILES string of the molecule is CCC(=O)OC1OCOC(O)(C(F)(F)F)C1(F)F. The molecule has 2 atom stereocenters. The van der Waals surface area contributed by atoms with E-state index in [1.165, 1.54) is 6.92 Å². The lowest BCUT2D eigenvalue weighted by Crippen LogP contribution is -2.69. The van der Waals surface area contributed by atoms with E-state index in [0.29, 0.717) is 0 Å². The largest absolute Gasteiger partial charge is 0.450 e. The Balaban J connectivity index is 3.01. The molecule has 1 fully saturated rings. The molecule has 5 nitrogen and oxygen atoms in total. The molecule has 1 rings (SSSR count). The van der Waals surface area contributed by atoms with Gasteiger partial charge in [-0.3, -0.25) is 4.79 Å². The molecule has 1 aliphatic rings. The van der Waals surface area contributed by atoms with Crippen LogP contribution in [0.2, 0.25) is 0 Å². The Morgan fingerprint density at radius 2 is 2.06 bits per heavy atom. The number of carbonyl (C=O) groups excluding carboxylic acids is 1. The summed E-state index contributed by atoms with van der Waals surface area (Å²) >= 11 is 0. The molecule has 1 saturated heterocycles. The van der Waals surface area contributed by atoms with Gasteiger partial charge in [0.1, 0.15) is 0 Å². The first kappa shape index (κ1) is 15.1. The molecule has 0 radical (unpaired) electrons. The van der Waals surface area contributed by atoms with Crippen molar-refractivity contribution < 1.29 is 46.1 Å². The first-order valence-corrected chi connectivity index (χ1v) is 4.68. The Hall–Kier alpha value is -1.00. The summed E-state index contributed by atoms with van der Waals surface area (Å²) in [5.41, 5.74) is 0. The maximum atomic E-state index is 13.4. The van der Waals surface area contributed by atoms with E-state index in [9.17, 15) is 26.7 Å². The van der Waals surface area contributed by atoms with E-state index in [0.717, 1.165) is 0 Å². The maximum Gasteiger partial charge on any atom is 0.450 e. The van der Waals surface area contributed by atoms with Crippen molar-refractivity contribution in [3.63, 3.8) is 0 Å². The van der Waals surface area contributed by atoms with E-state index < -0.39 is 36.9 Å². The van der Waals surface area contributed by atoms with E-state index in [1.54, 1.807) is 0 Å².